The minimum atomic E-state index is -0.0912. The lowest BCUT2D eigenvalue weighted by atomic mass is 10.1. The number of anilines is 1. The average molecular weight is 207 g/mol. The summed E-state index contributed by atoms with van der Waals surface area (Å²) in [5.41, 5.74) is 7.89. The molecule has 0 saturated carbocycles. The maximum atomic E-state index is 9.08. The van der Waals surface area contributed by atoms with Crippen LogP contribution < -0.4 is 5.73 Å². The van der Waals surface area contributed by atoms with Gasteiger partial charge in [-0.15, -0.1) is 0 Å². The second kappa shape index (κ2) is 3.88. The summed E-state index contributed by atoms with van der Waals surface area (Å²) in [7, 11) is 0. The van der Waals surface area contributed by atoms with Crippen molar-refractivity contribution in [2.45, 2.75) is 13.2 Å². The van der Waals surface area contributed by atoms with Crippen LogP contribution in [0.2, 0.25) is 0 Å². The van der Waals surface area contributed by atoms with Crippen molar-refractivity contribution in [2.75, 3.05) is 12.3 Å². The first-order valence-electron chi connectivity index (χ1n) is 4.72. The van der Waals surface area contributed by atoms with E-state index in [-0.39, 0.29) is 13.2 Å². The molecule has 1 heterocycles. The van der Waals surface area contributed by atoms with Crippen molar-refractivity contribution in [2.24, 2.45) is 0 Å². The Morgan fingerprint density at radius 1 is 1.33 bits per heavy atom. The molecule has 5 heteroatoms. The van der Waals surface area contributed by atoms with Gasteiger partial charge in [0, 0.05) is 10.9 Å². The van der Waals surface area contributed by atoms with Crippen LogP contribution in [0.4, 0.5) is 5.69 Å². The SMILES string of the molecule is Nc1c(CO)ccc2cnn(CCO)c12. The number of nitrogens with zero attached hydrogens (tertiary/aromatic N) is 2. The molecule has 0 amide bonds. The maximum Gasteiger partial charge on any atom is 0.0916 e. The summed E-state index contributed by atoms with van der Waals surface area (Å²) in [6, 6.07) is 3.64. The highest BCUT2D eigenvalue weighted by atomic mass is 16.3. The zero-order chi connectivity index (χ0) is 10.8. The van der Waals surface area contributed by atoms with Crippen molar-refractivity contribution in [1.82, 2.24) is 9.78 Å². The molecule has 0 aliphatic carbocycles. The van der Waals surface area contributed by atoms with Gasteiger partial charge in [0.15, 0.2) is 0 Å². The lowest BCUT2D eigenvalue weighted by molar-refractivity contribution is 0.271. The molecular weight excluding hydrogens is 194 g/mol. The molecule has 0 radical (unpaired) electrons. The van der Waals surface area contributed by atoms with E-state index >= 15 is 0 Å². The predicted molar refractivity (Wildman–Crippen MR) is 57.2 cm³/mol. The zero-order valence-corrected chi connectivity index (χ0v) is 8.22. The van der Waals surface area contributed by atoms with Crippen LogP contribution in [0.5, 0.6) is 0 Å². The molecule has 0 atom stereocenters. The minimum absolute atomic E-state index is 0.0135. The molecule has 0 aliphatic heterocycles. The highest BCUT2D eigenvalue weighted by molar-refractivity contribution is 5.91. The molecule has 0 bridgehead atoms. The van der Waals surface area contributed by atoms with Gasteiger partial charge < -0.3 is 15.9 Å². The van der Waals surface area contributed by atoms with Gasteiger partial charge in [-0.25, -0.2) is 0 Å². The highest BCUT2D eigenvalue weighted by Gasteiger charge is 2.09. The van der Waals surface area contributed by atoms with E-state index in [2.05, 4.69) is 5.10 Å². The topological polar surface area (TPSA) is 84.3 Å². The molecule has 80 valence electrons. The van der Waals surface area contributed by atoms with E-state index < -0.39 is 0 Å². The number of nitrogen functional groups attached to an aromatic ring is 1. The third kappa shape index (κ3) is 1.55. The molecule has 0 unspecified atom stereocenters. The Morgan fingerprint density at radius 2 is 2.13 bits per heavy atom. The normalized spacial score (nSPS) is 11.1. The Hall–Kier alpha value is -1.59. The van der Waals surface area contributed by atoms with Gasteiger partial charge in [-0.2, -0.15) is 5.10 Å². The molecule has 5 nitrogen and oxygen atoms in total. The highest BCUT2D eigenvalue weighted by Crippen LogP contribution is 2.24. The number of hydrogen-bond donors (Lipinski definition) is 3. The fraction of sp³-hybridized carbons (Fsp3) is 0.300. The van der Waals surface area contributed by atoms with Crippen molar-refractivity contribution < 1.29 is 10.2 Å². The van der Waals surface area contributed by atoms with Crippen molar-refractivity contribution >= 4 is 16.6 Å². The van der Waals surface area contributed by atoms with E-state index in [1.807, 2.05) is 6.07 Å². The third-order valence-electron chi connectivity index (χ3n) is 2.42. The van der Waals surface area contributed by atoms with Crippen LogP contribution in [-0.2, 0) is 13.2 Å². The molecule has 2 rings (SSSR count). The molecule has 0 fully saturated rings. The molecule has 0 aliphatic rings. The molecule has 1 aromatic heterocycles. The van der Waals surface area contributed by atoms with Gasteiger partial charge in [-0.05, 0) is 0 Å². The van der Waals surface area contributed by atoms with Gasteiger partial charge in [0.2, 0.25) is 0 Å². The van der Waals surface area contributed by atoms with E-state index in [4.69, 9.17) is 15.9 Å². The summed E-state index contributed by atoms with van der Waals surface area (Å²) in [5, 5.41) is 23.0. The van der Waals surface area contributed by atoms with Crippen LogP contribution in [0.3, 0.4) is 0 Å². The molecule has 4 N–H and O–H groups in total. The number of hydrogen-bond acceptors (Lipinski definition) is 4. The van der Waals surface area contributed by atoms with Crippen LogP contribution >= 0.6 is 0 Å². The molecule has 0 spiro atoms. The predicted octanol–water partition coefficient (Wildman–Crippen LogP) is 0.103. The summed E-state index contributed by atoms with van der Waals surface area (Å²) in [5.74, 6) is 0. The monoisotopic (exact) mass is 207 g/mol. The Labute approximate surface area is 86.7 Å². The standard InChI is InChI=1S/C10H13N3O2/c11-9-8(6-15)2-1-7-5-12-13(3-4-14)10(7)9/h1-2,5,14-15H,3-4,6,11H2. The summed E-state index contributed by atoms with van der Waals surface area (Å²) < 4.78 is 1.64. The van der Waals surface area contributed by atoms with Gasteiger partial charge in [0.25, 0.3) is 0 Å². The van der Waals surface area contributed by atoms with Crippen molar-refractivity contribution in [1.29, 1.82) is 0 Å². The van der Waals surface area contributed by atoms with Crippen LogP contribution in [-0.4, -0.2) is 26.6 Å². The van der Waals surface area contributed by atoms with Gasteiger partial charge in [-0.1, -0.05) is 12.1 Å². The summed E-state index contributed by atoms with van der Waals surface area (Å²) >= 11 is 0. The van der Waals surface area contributed by atoms with Crippen molar-refractivity contribution in [3.8, 4) is 0 Å². The Kier molecular flexibility index (Phi) is 2.57. The Balaban J connectivity index is 2.65. The first kappa shape index (κ1) is 9.95. The summed E-state index contributed by atoms with van der Waals surface area (Å²) in [6.45, 7) is 0.328. The number of rotatable bonds is 3. The van der Waals surface area contributed by atoms with Crippen molar-refractivity contribution in [3.05, 3.63) is 23.9 Å². The van der Waals surface area contributed by atoms with E-state index in [9.17, 15) is 0 Å². The van der Waals surface area contributed by atoms with E-state index in [0.29, 0.717) is 17.8 Å². The molecule has 15 heavy (non-hydrogen) atoms. The fourth-order valence-corrected chi connectivity index (χ4v) is 1.65. The van der Waals surface area contributed by atoms with Crippen LogP contribution in [0.1, 0.15) is 5.56 Å². The number of aliphatic hydroxyl groups excluding tert-OH is 2. The molecular formula is C10H13N3O2. The van der Waals surface area contributed by atoms with Crippen molar-refractivity contribution in [3.63, 3.8) is 0 Å². The van der Waals surface area contributed by atoms with Gasteiger partial charge >= 0.3 is 0 Å². The maximum absolute atomic E-state index is 9.08. The van der Waals surface area contributed by atoms with Crippen LogP contribution in [0.15, 0.2) is 18.3 Å². The lowest BCUT2D eigenvalue weighted by Crippen LogP contribution is -2.06. The lowest BCUT2D eigenvalue weighted by Gasteiger charge is -2.06. The number of benzene rings is 1. The molecule has 1 aromatic carbocycles. The van der Waals surface area contributed by atoms with Gasteiger partial charge in [0.1, 0.15) is 0 Å². The van der Waals surface area contributed by atoms with Crippen LogP contribution in [0.25, 0.3) is 10.9 Å². The second-order valence-corrected chi connectivity index (χ2v) is 3.33. The zero-order valence-electron chi connectivity index (χ0n) is 8.22. The van der Waals surface area contributed by atoms with E-state index in [1.54, 1.807) is 16.9 Å². The first-order chi connectivity index (χ1) is 7.27. The Bertz CT molecular complexity index is 479. The summed E-state index contributed by atoms with van der Waals surface area (Å²) in [6.07, 6.45) is 1.70. The van der Waals surface area contributed by atoms with Crippen LogP contribution in [0, 0.1) is 0 Å². The number of aromatic nitrogens is 2. The Morgan fingerprint density at radius 3 is 2.80 bits per heavy atom. The van der Waals surface area contributed by atoms with Gasteiger partial charge in [0.05, 0.1) is 37.2 Å². The largest absolute Gasteiger partial charge is 0.397 e. The second-order valence-electron chi connectivity index (χ2n) is 3.33. The van der Waals surface area contributed by atoms with E-state index in [1.165, 1.54) is 0 Å². The summed E-state index contributed by atoms with van der Waals surface area (Å²) in [4.78, 5) is 0. The minimum Gasteiger partial charge on any atom is -0.397 e. The molecule has 2 aromatic rings. The number of fused-ring (bicyclic) bond motifs is 1. The third-order valence-corrected chi connectivity index (χ3v) is 2.42. The number of nitrogens with two attached hydrogens (primary N) is 1. The number of aliphatic hydroxyl groups is 2. The quantitative estimate of drug-likeness (QED) is 0.623. The fourth-order valence-electron chi connectivity index (χ4n) is 1.65. The molecule has 0 saturated heterocycles. The smallest absolute Gasteiger partial charge is 0.0916 e. The van der Waals surface area contributed by atoms with Gasteiger partial charge in [-0.3, -0.25) is 4.68 Å². The first-order valence-corrected chi connectivity index (χ1v) is 4.72. The van der Waals surface area contributed by atoms with E-state index in [0.717, 1.165) is 10.9 Å². The average Bonchev–Trinajstić information content (AvgIpc) is 2.64.